The fourth-order valence-electron chi connectivity index (χ4n) is 3.37. The van der Waals surface area contributed by atoms with Gasteiger partial charge in [0, 0.05) is 18.4 Å². The van der Waals surface area contributed by atoms with Crippen LogP contribution in [0, 0.1) is 0 Å². The first kappa shape index (κ1) is 16.2. The van der Waals surface area contributed by atoms with Crippen molar-refractivity contribution in [2.24, 2.45) is 4.99 Å². The second-order valence-corrected chi connectivity index (χ2v) is 7.53. The van der Waals surface area contributed by atoms with E-state index in [1.165, 1.54) is 43.9 Å². The summed E-state index contributed by atoms with van der Waals surface area (Å²) in [5, 5.41) is 3.48. The number of thioether (sulfide) groups is 1. The molecular weight excluding hydrogens is 330 g/mol. The monoisotopic (exact) mass is 351 g/mol. The molecule has 4 rings (SSSR count). The van der Waals surface area contributed by atoms with E-state index in [-0.39, 0.29) is 5.91 Å². The molecule has 0 spiro atoms. The minimum Gasteiger partial charge on any atom is -0.351 e. The van der Waals surface area contributed by atoms with E-state index < -0.39 is 0 Å². The first-order valence-corrected chi connectivity index (χ1v) is 9.62. The predicted octanol–water partition coefficient (Wildman–Crippen LogP) is 4.88. The predicted molar refractivity (Wildman–Crippen MR) is 104 cm³/mol. The van der Waals surface area contributed by atoms with Gasteiger partial charge in [0.1, 0.15) is 0 Å². The maximum Gasteiger partial charge on any atom is 0.264 e. The first-order chi connectivity index (χ1) is 12.3. The minimum atomic E-state index is -0.0786. The highest BCUT2D eigenvalue weighted by Gasteiger charge is 2.24. The van der Waals surface area contributed by atoms with Crippen LogP contribution in [0.15, 0.2) is 58.7 Å². The molecule has 1 aromatic carbocycles. The highest BCUT2D eigenvalue weighted by molar-refractivity contribution is 8.18. The molecule has 4 nitrogen and oxygen atoms in total. The maximum atomic E-state index is 12.2. The quantitative estimate of drug-likeness (QED) is 0.801. The normalized spacial score (nSPS) is 21.8. The zero-order valence-electron chi connectivity index (χ0n) is 14.0. The van der Waals surface area contributed by atoms with Gasteiger partial charge in [0.05, 0.1) is 10.6 Å². The average Bonchev–Trinajstić information content (AvgIpc) is 3.24. The Morgan fingerprint density at radius 1 is 1.12 bits per heavy atom. The zero-order valence-corrected chi connectivity index (χ0v) is 14.8. The molecule has 0 atom stereocenters. The van der Waals surface area contributed by atoms with Gasteiger partial charge in [-0.3, -0.25) is 4.79 Å². The summed E-state index contributed by atoms with van der Waals surface area (Å²) in [5.41, 5.74) is 1.92. The van der Waals surface area contributed by atoms with Crippen molar-refractivity contribution in [3.8, 4) is 0 Å². The molecular formula is C20H21N3OS. The molecule has 1 saturated carbocycles. The lowest BCUT2D eigenvalue weighted by atomic mass is 9.95. The van der Waals surface area contributed by atoms with Crippen LogP contribution in [-0.4, -0.2) is 15.6 Å². The van der Waals surface area contributed by atoms with Gasteiger partial charge in [0.15, 0.2) is 5.17 Å². The summed E-state index contributed by atoms with van der Waals surface area (Å²) in [5.74, 6) is -0.0786. The van der Waals surface area contributed by atoms with E-state index in [0.717, 1.165) is 11.3 Å². The molecule has 0 bridgehead atoms. The number of benzene rings is 1. The molecule has 25 heavy (non-hydrogen) atoms. The third-order valence-corrected chi connectivity index (χ3v) is 5.58. The third-order valence-electron chi connectivity index (χ3n) is 4.67. The second-order valence-electron chi connectivity index (χ2n) is 6.50. The van der Waals surface area contributed by atoms with Crippen molar-refractivity contribution in [1.29, 1.82) is 0 Å². The van der Waals surface area contributed by atoms with Crippen molar-refractivity contribution in [2.45, 2.75) is 38.1 Å². The Hall–Kier alpha value is -2.27. The van der Waals surface area contributed by atoms with Crippen LogP contribution in [0.2, 0.25) is 0 Å². The Balaban J connectivity index is 1.49. The molecule has 2 aromatic rings. The molecule has 1 aliphatic carbocycles. The van der Waals surface area contributed by atoms with E-state index in [1.54, 1.807) is 0 Å². The molecule has 128 valence electrons. The third kappa shape index (κ3) is 3.87. The topological polar surface area (TPSA) is 46.4 Å². The second kappa shape index (κ2) is 7.31. The molecule has 1 saturated heterocycles. The van der Waals surface area contributed by atoms with Gasteiger partial charge in [0.25, 0.3) is 5.91 Å². The number of hydrogen-bond donors (Lipinski definition) is 1. The summed E-state index contributed by atoms with van der Waals surface area (Å²) in [6.07, 6.45) is 12.7. The number of amidine groups is 1. The Bertz CT molecular complexity index is 816. The van der Waals surface area contributed by atoms with Gasteiger partial charge in [-0.1, -0.05) is 37.5 Å². The van der Waals surface area contributed by atoms with E-state index in [1.807, 2.05) is 36.4 Å². The number of hydrogen-bond acceptors (Lipinski definition) is 3. The summed E-state index contributed by atoms with van der Waals surface area (Å²) in [6.45, 7) is 0. The van der Waals surface area contributed by atoms with Crippen LogP contribution in [0.5, 0.6) is 0 Å². The molecule has 1 N–H and O–H groups in total. The van der Waals surface area contributed by atoms with Crippen molar-refractivity contribution >= 4 is 34.6 Å². The van der Waals surface area contributed by atoms with Crippen LogP contribution in [0.3, 0.4) is 0 Å². The van der Waals surface area contributed by atoms with Crippen LogP contribution >= 0.6 is 11.8 Å². The number of nitrogens with zero attached hydrogens (tertiary/aromatic N) is 2. The molecule has 1 aliphatic heterocycles. The number of amides is 1. The number of para-hydroxylation sites is 1. The summed E-state index contributed by atoms with van der Waals surface area (Å²) in [7, 11) is 0. The van der Waals surface area contributed by atoms with Crippen molar-refractivity contribution in [1.82, 2.24) is 9.88 Å². The van der Waals surface area contributed by atoms with Crippen molar-refractivity contribution in [3.05, 3.63) is 59.3 Å². The minimum absolute atomic E-state index is 0.0786. The number of nitrogens with one attached hydrogen (secondary N) is 1. The maximum absolute atomic E-state index is 12.2. The average molecular weight is 351 g/mol. The van der Waals surface area contributed by atoms with Gasteiger partial charge in [0.2, 0.25) is 0 Å². The Labute approximate surface area is 152 Å². The first-order valence-electron chi connectivity index (χ1n) is 8.80. The van der Waals surface area contributed by atoms with Crippen LogP contribution in [-0.2, 0) is 4.79 Å². The summed E-state index contributed by atoms with van der Waals surface area (Å²) >= 11 is 1.39. The summed E-state index contributed by atoms with van der Waals surface area (Å²) in [6, 6.07) is 12.4. The highest BCUT2D eigenvalue weighted by Crippen LogP contribution is 2.31. The van der Waals surface area contributed by atoms with Gasteiger partial charge in [-0.2, -0.15) is 0 Å². The van der Waals surface area contributed by atoms with Crippen molar-refractivity contribution in [2.75, 3.05) is 0 Å². The number of rotatable bonds is 3. The van der Waals surface area contributed by atoms with E-state index >= 15 is 0 Å². The fourth-order valence-corrected chi connectivity index (χ4v) is 4.22. The zero-order chi connectivity index (χ0) is 17.1. The molecule has 0 radical (unpaired) electrons. The van der Waals surface area contributed by atoms with Crippen LogP contribution in [0.4, 0.5) is 5.69 Å². The molecule has 2 aliphatic rings. The van der Waals surface area contributed by atoms with E-state index in [9.17, 15) is 4.79 Å². The summed E-state index contributed by atoms with van der Waals surface area (Å²) < 4.78 is 2.31. The van der Waals surface area contributed by atoms with Gasteiger partial charge in [-0.15, -0.1) is 0 Å². The summed E-state index contributed by atoms with van der Waals surface area (Å²) in [4.78, 5) is 17.4. The highest BCUT2D eigenvalue weighted by atomic mass is 32.2. The Kier molecular flexibility index (Phi) is 4.74. The van der Waals surface area contributed by atoms with E-state index in [4.69, 9.17) is 0 Å². The van der Waals surface area contributed by atoms with Crippen molar-refractivity contribution in [3.63, 3.8) is 0 Å². The molecule has 0 unspecified atom stereocenters. The molecule has 2 fully saturated rings. The van der Waals surface area contributed by atoms with Crippen molar-refractivity contribution < 1.29 is 4.79 Å². The van der Waals surface area contributed by atoms with Gasteiger partial charge in [-0.05, 0) is 54.4 Å². The van der Waals surface area contributed by atoms with Crippen LogP contribution < -0.4 is 5.32 Å². The number of aromatic nitrogens is 1. The smallest absolute Gasteiger partial charge is 0.264 e. The Morgan fingerprint density at radius 3 is 2.72 bits per heavy atom. The Morgan fingerprint density at radius 2 is 1.92 bits per heavy atom. The SMILES string of the molecule is O=C1NC(=Nc2ccccc2)S/C1=C/c1ccn(C2CCCCC2)c1. The van der Waals surface area contributed by atoms with E-state index in [0.29, 0.717) is 16.1 Å². The number of carbonyl (C=O) groups excluding carboxylic acids is 1. The molecule has 1 amide bonds. The van der Waals surface area contributed by atoms with Gasteiger partial charge in [-0.25, -0.2) is 4.99 Å². The van der Waals surface area contributed by atoms with Gasteiger partial charge < -0.3 is 9.88 Å². The fraction of sp³-hybridized carbons (Fsp3) is 0.300. The molecule has 2 heterocycles. The number of carbonyl (C=O) groups is 1. The standard InChI is InChI=1S/C20H21N3OS/c24-19-18(25-20(22-19)21-16-7-3-1-4-8-16)13-15-11-12-23(14-15)17-9-5-2-6-10-17/h1,3-4,7-8,11-14,17H,2,5-6,9-10H2,(H,21,22,24)/b18-13+. The lowest BCUT2D eigenvalue weighted by Crippen LogP contribution is -2.19. The number of aliphatic imine (C=N–C) groups is 1. The largest absolute Gasteiger partial charge is 0.351 e. The lowest BCUT2D eigenvalue weighted by molar-refractivity contribution is -0.115. The van der Waals surface area contributed by atoms with Crippen LogP contribution in [0.1, 0.15) is 43.7 Å². The molecule has 1 aromatic heterocycles. The van der Waals surface area contributed by atoms with E-state index in [2.05, 4.69) is 33.3 Å². The molecule has 5 heteroatoms. The lowest BCUT2D eigenvalue weighted by Gasteiger charge is -2.23. The van der Waals surface area contributed by atoms with Crippen LogP contribution in [0.25, 0.3) is 6.08 Å². The van der Waals surface area contributed by atoms with Gasteiger partial charge >= 0.3 is 0 Å².